The molecule has 0 spiro atoms. The number of rotatable bonds is 1. The van der Waals surface area contributed by atoms with Gasteiger partial charge in [0.05, 0.1) is 5.56 Å². The first-order valence-corrected chi connectivity index (χ1v) is 6.22. The molecule has 1 heterocycles. The molecule has 2 unspecified atom stereocenters. The van der Waals surface area contributed by atoms with Gasteiger partial charge in [-0.05, 0) is 30.4 Å². The minimum absolute atomic E-state index is 0.170. The molecule has 0 radical (unpaired) electrons. The number of amides is 1. The zero-order valence-electron chi connectivity index (χ0n) is 10.6. The number of hydrogen-bond donors (Lipinski definition) is 0. The fourth-order valence-corrected chi connectivity index (χ4v) is 2.67. The molecule has 0 N–H and O–H groups in total. The standard InChI is InChI=1S/C14H17F2NO/c1-9-6-10(2)8-17(7-9)14(18)11-4-3-5-12(15)13(11)16/h3-5,9-10H,6-8H2,1-2H3. The minimum Gasteiger partial charge on any atom is -0.338 e. The van der Waals surface area contributed by atoms with E-state index in [2.05, 4.69) is 13.8 Å². The Hall–Kier alpha value is -1.45. The predicted molar refractivity (Wildman–Crippen MR) is 65.2 cm³/mol. The second kappa shape index (κ2) is 5.04. The average Bonchev–Trinajstić information content (AvgIpc) is 2.30. The molecular weight excluding hydrogens is 236 g/mol. The molecule has 2 atom stereocenters. The molecule has 0 aromatic heterocycles. The van der Waals surface area contributed by atoms with E-state index in [4.69, 9.17) is 0 Å². The Morgan fingerprint density at radius 3 is 2.44 bits per heavy atom. The second-order valence-corrected chi connectivity index (χ2v) is 5.26. The van der Waals surface area contributed by atoms with Crippen LogP contribution in [0.15, 0.2) is 18.2 Å². The summed E-state index contributed by atoms with van der Waals surface area (Å²) in [7, 11) is 0. The summed E-state index contributed by atoms with van der Waals surface area (Å²) < 4.78 is 26.7. The summed E-state index contributed by atoms with van der Waals surface area (Å²) in [5.41, 5.74) is -0.170. The van der Waals surface area contributed by atoms with Crippen LogP contribution in [0, 0.1) is 23.5 Å². The third kappa shape index (κ3) is 2.52. The van der Waals surface area contributed by atoms with Crippen LogP contribution >= 0.6 is 0 Å². The summed E-state index contributed by atoms with van der Waals surface area (Å²) >= 11 is 0. The highest BCUT2D eigenvalue weighted by Crippen LogP contribution is 2.23. The molecule has 1 aromatic carbocycles. The van der Waals surface area contributed by atoms with Crippen LogP contribution < -0.4 is 0 Å². The number of piperidine rings is 1. The van der Waals surface area contributed by atoms with Gasteiger partial charge >= 0.3 is 0 Å². The van der Waals surface area contributed by atoms with Crippen molar-refractivity contribution >= 4 is 5.91 Å². The van der Waals surface area contributed by atoms with Crippen LogP contribution in [0.2, 0.25) is 0 Å². The largest absolute Gasteiger partial charge is 0.338 e. The zero-order valence-corrected chi connectivity index (χ0v) is 10.6. The van der Waals surface area contributed by atoms with Crippen LogP contribution in [-0.4, -0.2) is 23.9 Å². The topological polar surface area (TPSA) is 20.3 Å². The molecule has 1 saturated heterocycles. The minimum atomic E-state index is -1.05. The van der Waals surface area contributed by atoms with Gasteiger partial charge in [0, 0.05) is 13.1 Å². The summed E-state index contributed by atoms with van der Waals surface area (Å²) in [6, 6.07) is 3.72. The lowest BCUT2D eigenvalue weighted by molar-refractivity contribution is 0.0617. The van der Waals surface area contributed by atoms with E-state index >= 15 is 0 Å². The summed E-state index contributed by atoms with van der Waals surface area (Å²) in [6.45, 7) is 5.36. The van der Waals surface area contributed by atoms with Crippen LogP contribution in [0.1, 0.15) is 30.6 Å². The van der Waals surface area contributed by atoms with Gasteiger partial charge in [0.25, 0.3) is 5.91 Å². The lowest BCUT2D eigenvalue weighted by atomic mass is 9.91. The number of carbonyl (C=O) groups excluding carboxylic acids is 1. The van der Waals surface area contributed by atoms with Crippen molar-refractivity contribution in [1.82, 2.24) is 4.90 Å². The molecule has 2 nitrogen and oxygen atoms in total. The number of hydrogen-bond acceptors (Lipinski definition) is 1. The molecule has 0 bridgehead atoms. The summed E-state index contributed by atoms with van der Waals surface area (Å²) in [6.07, 6.45) is 1.06. The van der Waals surface area contributed by atoms with Gasteiger partial charge in [-0.15, -0.1) is 0 Å². The maximum atomic E-state index is 13.6. The van der Waals surface area contributed by atoms with Crippen LogP contribution in [0.4, 0.5) is 8.78 Å². The normalized spacial score (nSPS) is 24.1. The molecule has 18 heavy (non-hydrogen) atoms. The highest BCUT2D eigenvalue weighted by Gasteiger charge is 2.28. The van der Waals surface area contributed by atoms with E-state index in [1.54, 1.807) is 4.90 Å². The first kappa shape index (κ1) is 13.0. The Bertz CT molecular complexity index is 451. The Kier molecular flexibility index (Phi) is 3.64. The van der Waals surface area contributed by atoms with Gasteiger partial charge in [-0.3, -0.25) is 4.79 Å². The molecule has 1 aliphatic rings. The molecule has 1 fully saturated rings. The van der Waals surface area contributed by atoms with E-state index in [0.29, 0.717) is 24.9 Å². The third-order valence-corrected chi connectivity index (χ3v) is 3.34. The Labute approximate surface area is 106 Å². The molecule has 2 rings (SSSR count). The lowest BCUT2D eigenvalue weighted by Gasteiger charge is -2.35. The van der Waals surface area contributed by atoms with Gasteiger partial charge in [0.1, 0.15) is 0 Å². The first-order chi connectivity index (χ1) is 8.49. The Balaban J connectivity index is 2.23. The molecule has 1 amide bonds. The zero-order chi connectivity index (χ0) is 13.3. The van der Waals surface area contributed by atoms with Crippen LogP contribution in [0.5, 0.6) is 0 Å². The van der Waals surface area contributed by atoms with Crippen LogP contribution in [0.25, 0.3) is 0 Å². The SMILES string of the molecule is CC1CC(C)CN(C(=O)c2cccc(F)c2F)C1. The Morgan fingerprint density at radius 2 is 1.83 bits per heavy atom. The highest BCUT2D eigenvalue weighted by molar-refractivity contribution is 5.94. The van der Waals surface area contributed by atoms with Crippen molar-refractivity contribution in [2.24, 2.45) is 11.8 Å². The van der Waals surface area contributed by atoms with E-state index in [1.165, 1.54) is 12.1 Å². The lowest BCUT2D eigenvalue weighted by Crippen LogP contribution is -2.42. The van der Waals surface area contributed by atoms with Crippen LogP contribution in [0.3, 0.4) is 0 Å². The van der Waals surface area contributed by atoms with Crippen molar-refractivity contribution in [2.45, 2.75) is 20.3 Å². The number of likely N-dealkylation sites (tertiary alicyclic amines) is 1. The maximum absolute atomic E-state index is 13.6. The van der Waals surface area contributed by atoms with E-state index in [9.17, 15) is 13.6 Å². The van der Waals surface area contributed by atoms with Gasteiger partial charge in [-0.2, -0.15) is 0 Å². The Morgan fingerprint density at radius 1 is 1.22 bits per heavy atom. The van der Waals surface area contributed by atoms with E-state index in [0.717, 1.165) is 12.5 Å². The summed E-state index contributed by atoms with van der Waals surface area (Å²) in [4.78, 5) is 13.8. The highest BCUT2D eigenvalue weighted by atomic mass is 19.2. The maximum Gasteiger partial charge on any atom is 0.256 e. The van der Waals surface area contributed by atoms with E-state index in [1.807, 2.05) is 0 Å². The predicted octanol–water partition coefficient (Wildman–Crippen LogP) is 3.08. The number of nitrogens with zero attached hydrogens (tertiary/aromatic N) is 1. The van der Waals surface area contributed by atoms with Gasteiger partial charge in [0.15, 0.2) is 11.6 Å². The molecule has 0 saturated carbocycles. The van der Waals surface area contributed by atoms with Gasteiger partial charge in [-0.25, -0.2) is 8.78 Å². The first-order valence-electron chi connectivity index (χ1n) is 6.22. The van der Waals surface area contributed by atoms with Crippen molar-refractivity contribution in [3.63, 3.8) is 0 Å². The molecule has 1 aliphatic heterocycles. The van der Waals surface area contributed by atoms with Gasteiger partial charge in [0.2, 0.25) is 0 Å². The number of carbonyl (C=O) groups is 1. The average molecular weight is 253 g/mol. The van der Waals surface area contributed by atoms with Crippen molar-refractivity contribution < 1.29 is 13.6 Å². The molecular formula is C14H17F2NO. The molecule has 0 aliphatic carbocycles. The third-order valence-electron chi connectivity index (χ3n) is 3.34. The fourth-order valence-electron chi connectivity index (χ4n) is 2.67. The van der Waals surface area contributed by atoms with E-state index in [-0.39, 0.29) is 5.56 Å². The number of benzene rings is 1. The molecule has 98 valence electrons. The smallest absolute Gasteiger partial charge is 0.256 e. The van der Waals surface area contributed by atoms with E-state index < -0.39 is 17.5 Å². The van der Waals surface area contributed by atoms with Crippen molar-refractivity contribution in [1.29, 1.82) is 0 Å². The van der Waals surface area contributed by atoms with Gasteiger partial charge < -0.3 is 4.90 Å². The van der Waals surface area contributed by atoms with Crippen molar-refractivity contribution in [3.05, 3.63) is 35.4 Å². The van der Waals surface area contributed by atoms with Crippen molar-refractivity contribution in [3.8, 4) is 0 Å². The van der Waals surface area contributed by atoms with Crippen LogP contribution in [-0.2, 0) is 0 Å². The monoisotopic (exact) mass is 253 g/mol. The summed E-state index contributed by atoms with van der Waals surface area (Å²) in [5, 5.41) is 0. The van der Waals surface area contributed by atoms with Gasteiger partial charge in [-0.1, -0.05) is 19.9 Å². The molecule has 1 aromatic rings. The second-order valence-electron chi connectivity index (χ2n) is 5.26. The fraction of sp³-hybridized carbons (Fsp3) is 0.500. The van der Waals surface area contributed by atoms with Crippen molar-refractivity contribution in [2.75, 3.05) is 13.1 Å². The summed E-state index contributed by atoms with van der Waals surface area (Å²) in [5.74, 6) is -1.64. The quantitative estimate of drug-likeness (QED) is 0.753. The number of halogens is 2. The molecule has 4 heteroatoms.